The maximum absolute atomic E-state index is 12.3. The van der Waals surface area contributed by atoms with E-state index in [9.17, 15) is 8.42 Å². The van der Waals surface area contributed by atoms with Crippen molar-refractivity contribution in [1.82, 2.24) is 4.31 Å². The van der Waals surface area contributed by atoms with E-state index >= 15 is 0 Å². The van der Waals surface area contributed by atoms with Crippen LogP contribution in [0.1, 0.15) is 45.4 Å². The van der Waals surface area contributed by atoms with Gasteiger partial charge in [0.1, 0.15) is 0 Å². The van der Waals surface area contributed by atoms with E-state index in [0.717, 1.165) is 25.7 Å². The molecule has 0 bridgehead atoms. The molecule has 6 heteroatoms. The minimum absolute atomic E-state index is 0. The van der Waals surface area contributed by atoms with Crippen LogP contribution in [0.4, 0.5) is 0 Å². The van der Waals surface area contributed by atoms with E-state index in [1.807, 2.05) is 6.92 Å². The molecule has 2 N–H and O–H groups in total. The van der Waals surface area contributed by atoms with E-state index in [2.05, 4.69) is 0 Å². The zero-order valence-electron chi connectivity index (χ0n) is 11.0. The van der Waals surface area contributed by atoms with Gasteiger partial charge in [0, 0.05) is 18.6 Å². The Balaban J connectivity index is 0.00000162. The Morgan fingerprint density at radius 3 is 2.50 bits per heavy atom. The van der Waals surface area contributed by atoms with Crippen LogP contribution in [-0.2, 0) is 10.0 Å². The standard InChI is InChI=1S/C12H24N2O2S.ClH/c1-10(13)12-4-2-3-8-14(12)17(15,16)9-7-11-5-6-11;/h10-12H,2-9,13H2,1H3;1H. The molecule has 18 heavy (non-hydrogen) atoms. The first kappa shape index (κ1) is 16.2. The molecule has 1 saturated heterocycles. The summed E-state index contributed by atoms with van der Waals surface area (Å²) in [4.78, 5) is 0. The Morgan fingerprint density at radius 1 is 1.28 bits per heavy atom. The molecule has 1 heterocycles. The van der Waals surface area contributed by atoms with Gasteiger partial charge in [-0.25, -0.2) is 8.42 Å². The second-order valence-corrected chi connectivity index (χ2v) is 7.62. The number of piperidine rings is 1. The molecule has 0 amide bonds. The second-order valence-electron chi connectivity index (χ2n) is 5.58. The number of hydrogen-bond acceptors (Lipinski definition) is 3. The van der Waals surface area contributed by atoms with Gasteiger partial charge in [0.15, 0.2) is 0 Å². The van der Waals surface area contributed by atoms with Crippen LogP contribution in [0.3, 0.4) is 0 Å². The maximum atomic E-state index is 12.3. The van der Waals surface area contributed by atoms with Crippen molar-refractivity contribution >= 4 is 22.4 Å². The average molecular weight is 297 g/mol. The average Bonchev–Trinajstić information content (AvgIpc) is 3.10. The molecular weight excluding hydrogens is 272 g/mol. The molecule has 0 aromatic rings. The van der Waals surface area contributed by atoms with Crippen LogP contribution < -0.4 is 5.73 Å². The summed E-state index contributed by atoms with van der Waals surface area (Å²) in [5, 5.41) is 0. The summed E-state index contributed by atoms with van der Waals surface area (Å²) < 4.78 is 26.3. The number of nitrogens with two attached hydrogens (primary N) is 1. The lowest BCUT2D eigenvalue weighted by Crippen LogP contribution is -2.52. The first-order valence-corrected chi connectivity index (χ1v) is 8.37. The fourth-order valence-corrected chi connectivity index (χ4v) is 4.62. The van der Waals surface area contributed by atoms with Crippen molar-refractivity contribution in [3.8, 4) is 0 Å². The van der Waals surface area contributed by atoms with Crippen LogP contribution in [0.15, 0.2) is 0 Å². The topological polar surface area (TPSA) is 63.4 Å². The van der Waals surface area contributed by atoms with Crippen LogP contribution in [0.2, 0.25) is 0 Å². The SMILES string of the molecule is CC(N)C1CCCCN1S(=O)(=O)CCC1CC1.Cl. The third-order valence-corrected chi connectivity index (χ3v) is 5.86. The molecular formula is C12H25ClN2O2S. The summed E-state index contributed by atoms with van der Waals surface area (Å²) in [7, 11) is -3.08. The molecule has 0 aromatic heterocycles. The van der Waals surface area contributed by atoms with E-state index in [-0.39, 0.29) is 24.5 Å². The quantitative estimate of drug-likeness (QED) is 0.840. The molecule has 0 radical (unpaired) electrons. The van der Waals surface area contributed by atoms with Gasteiger partial charge in [-0.3, -0.25) is 0 Å². The summed E-state index contributed by atoms with van der Waals surface area (Å²) in [6, 6.07) is -0.0426. The fraction of sp³-hybridized carbons (Fsp3) is 1.00. The van der Waals surface area contributed by atoms with E-state index in [1.54, 1.807) is 4.31 Å². The number of hydrogen-bond donors (Lipinski definition) is 1. The molecule has 2 atom stereocenters. The predicted molar refractivity (Wildman–Crippen MR) is 76.4 cm³/mol. The van der Waals surface area contributed by atoms with Gasteiger partial charge < -0.3 is 5.73 Å². The van der Waals surface area contributed by atoms with E-state index in [0.29, 0.717) is 18.2 Å². The molecule has 2 rings (SSSR count). The van der Waals surface area contributed by atoms with Crippen molar-refractivity contribution in [3.05, 3.63) is 0 Å². The van der Waals surface area contributed by atoms with E-state index < -0.39 is 10.0 Å². The minimum Gasteiger partial charge on any atom is -0.326 e. The van der Waals surface area contributed by atoms with Crippen molar-refractivity contribution in [2.45, 2.75) is 57.5 Å². The summed E-state index contributed by atoms with van der Waals surface area (Å²) >= 11 is 0. The zero-order valence-corrected chi connectivity index (χ0v) is 12.7. The summed E-state index contributed by atoms with van der Waals surface area (Å²) in [6.45, 7) is 2.58. The van der Waals surface area contributed by atoms with Gasteiger partial charge in [0.25, 0.3) is 0 Å². The highest BCUT2D eigenvalue weighted by molar-refractivity contribution is 7.89. The number of rotatable bonds is 5. The highest BCUT2D eigenvalue weighted by Crippen LogP contribution is 2.33. The Bertz CT molecular complexity index is 355. The Labute approximate surface area is 117 Å². The highest BCUT2D eigenvalue weighted by atomic mass is 35.5. The van der Waals surface area contributed by atoms with E-state index in [1.165, 1.54) is 12.8 Å². The van der Waals surface area contributed by atoms with Crippen molar-refractivity contribution < 1.29 is 8.42 Å². The van der Waals surface area contributed by atoms with Crippen LogP contribution in [-0.4, -0.2) is 37.1 Å². The third kappa shape index (κ3) is 4.08. The van der Waals surface area contributed by atoms with Gasteiger partial charge in [-0.1, -0.05) is 19.3 Å². The lowest BCUT2D eigenvalue weighted by molar-refractivity contribution is 0.227. The van der Waals surface area contributed by atoms with Crippen LogP contribution in [0.5, 0.6) is 0 Å². The molecule has 0 aromatic carbocycles. The van der Waals surface area contributed by atoms with Crippen molar-refractivity contribution in [2.75, 3.05) is 12.3 Å². The fourth-order valence-electron chi connectivity index (χ4n) is 2.64. The van der Waals surface area contributed by atoms with Crippen molar-refractivity contribution in [1.29, 1.82) is 0 Å². The molecule has 2 unspecified atom stereocenters. The van der Waals surface area contributed by atoms with Gasteiger partial charge in [-0.05, 0) is 32.1 Å². The molecule has 108 valence electrons. The summed E-state index contributed by atoms with van der Waals surface area (Å²) in [5.74, 6) is 0.990. The number of sulfonamides is 1. The van der Waals surface area contributed by atoms with Crippen molar-refractivity contribution in [2.24, 2.45) is 11.7 Å². The smallest absolute Gasteiger partial charge is 0.214 e. The summed E-state index contributed by atoms with van der Waals surface area (Å²) in [5.41, 5.74) is 5.92. The van der Waals surface area contributed by atoms with Crippen LogP contribution in [0, 0.1) is 5.92 Å². The van der Waals surface area contributed by atoms with Gasteiger partial charge >= 0.3 is 0 Å². The molecule has 0 spiro atoms. The molecule has 4 nitrogen and oxygen atoms in total. The van der Waals surface area contributed by atoms with Crippen LogP contribution in [0.25, 0.3) is 0 Å². The van der Waals surface area contributed by atoms with Crippen molar-refractivity contribution in [3.63, 3.8) is 0 Å². The van der Waals surface area contributed by atoms with Gasteiger partial charge in [0.05, 0.1) is 5.75 Å². The van der Waals surface area contributed by atoms with Gasteiger partial charge in [0.2, 0.25) is 10.0 Å². The molecule has 2 aliphatic rings. The lowest BCUT2D eigenvalue weighted by Gasteiger charge is -2.37. The van der Waals surface area contributed by atoms with E-state index in [4.69, 9.17) is 5.73 Å². The minimum atomic E-state index is -3.08. The number of nitrogens with zero attached hydrogens (tertiary/aromatic N) is 1. The molecule has 2 fully saturated rings. The maximum Gasteiger partial charge on any atom is 0.214 e. The highest BCUT2D eigenvalue weighted by Gasteiger charge is 2.35. The largest absolute Gasteiger partial charge is 0.326 e. The molecule has 1 aliphatic heterocycles. The first-order valence-electron chi connectivity index (χ1n) is 6.76. The van der Waals surface area contributed by atoms with Crippen LogP contribution >= 0.6 is 12.4 Å². The van der Waals surface area contributed by atoms with Gasteiger partial charge in [-0.2, -0.15) is 4.31 Å². The first-order chi connectivity index (χ1) is 8.00. The zero-order chi connectivity index (χ0) is 12.5. The summed E-state index contributed by atoms with van der Waals surface area (Å²) in [6.07, 6.45) is 6.26. The molecule has 1 aliphatic carbocycles. The third-order valence-electron chi connectivity index (χ3n) is 3.94. The number of halogens is 1. The Hall–Kier alpha value is 0.160. The van der Waals surface area contributed by atoms with Gasteiger partial charge in [-0.15, -0.1) is 12.4 Å². The lowest BCUT2D eigenvalue weighted by atomic mass is 10.00. The Morgan fingerprint density at radius 2 is 1.94 bits per heavy atom. The predicted octanol–water partition coefficient (Wildman–Crippen LogP) is 1.74. The molecule has 1 saturated carbocycles. The monoisotopic (exact) mass is 296 g/mol. The Kier molecular flexibility index (Phi) is 5.90. The normalized spacial score (nSPS) is 27.6. The second kappa shape index (κ2) is 6.55.